The van der Waals surface area contributed by atoms with Crippen molar-refractivity contribution in [2.45, 2.75) is 38.2 Å². The summed E-state index contributed by atoms with van der Waals surface area (Å²) in [7, 11) is 0. The summed E-state index contributed by atoms with van der Waals surface area (Å²) in [5.74, 6) is 0.274. The molecule has 168 valence electrons. The van der Waals surface area contributed by atoms with Crippen molar-refractivity contribution in [3.8, 4) is 6.01 Å². The van der Waals surface area contributed by atoms with Crippen molar-refractivity contribution in [2.24, 2.45) is 5.92 Å². The van der Waals surface area contributed by atoms with Crippen LogP contribution in [0.3, 0.4) is 0 Å². The number of hydrogen-bond donors (Lipinski definition) is 1. The fourth-order valence-corrected chi connectivity index (χ4v) is 4.17. The zero-order valence-electron chi connectivity index (χ0n) is 17.7. The molecule has 0 spiro atoms. The highest BCUT2D eigenvalue weighted by molar-refractivity contribution is 7.80. The van der Waals surface area contributed by atoms with E-state index >= 15 is 0 Å². The Kier molecular flexibility index (Phi) is 7.92. The maximum atomic E-state index is 12.5. The number of aromatic nitrogens is 3. The Bertz CT molecular complexity index is 1030. The molecule has 0 amide bonds. The van der Waals surface area contributed by atoms with Gasteiger partial charge < -0.3 is 14.2 Å². The van der Waals surface area contributed by atoms with Crippen molar-refractivity contribution in [1.29, 1.82) is 0 Å². The Balaban J connectivity index is 1.43. The molecule has 3 aromatic rings. The lowest BCUT2D eigenvalue weighted by atomic mass is 10.1. The second-order valence-electron chi connectivity index (χ2n) is 7.82. The number of benzene rings is 2. The van der Waals surface area contributed by atoms with Crippen LogP contribution in [0.15, 0.2) is 71.8 Å². The van der Waals surface area contributed by atoms with Gasteiger partial charge in [0.05, 0.1) is 25.9 Å². The Hall–Kier alpha value is -2.68. The summed E-state index contributed by atoms with van der Waals surface area (Å²) >= 11 is 3.97. The number of thiol groups is 1. The first-order chi connectivity index (χ1) is 15.7. The van der Waals surface area contributed by atoms with Gasteiger partial charge in [-0.1, -0.05) is 60.7 Å². The Morgan fingerprint density at radius 2 is 1.66 bits per heavy atom. The SMILES string of the molecule is O=c1nc(OCS)ncn1[C@H]1CC(OCc2ccccc2)[C@@H](COCc2ccccc2)C1. The summed E-state index contributed by atoms with van der Waals surface area (Å²) in [5.41, 5.74) is 1.87. The molecule has 1 aliphatic carbocycles. The van der Waals surface area contributed by atoms with E-state index in [2.05, 4.69) is 22.6 Å². The Morgan fingerprint density at radius 1 is 0.969 bits per heavy atom. The second kappa shape index (κ2) is 11.3. The van der Waals surface area contributed by atoms with Gasteiger partial charge in [0.2, 0.25) is 0 Å². The van der Waals surface area contributed by atoms with Gasteiger partial charge in [-0.15, -0.1) is 17.6 Å². The van der Waals surface area contributed by atoms with Crippen LogP contribution < -0.4 is 10.4 Å². The molecular formula is C24H27N3O4S. The van der Waals surface area contributed by atoms with Gasteiger partial charge >= 0.3 is 11.7 Å². The monoisotopic (exact) mass is 453 g/mol. The van der Waals surface area contributed by atoms with Gasteiger partial charge in [-0.25, -0.2) is 4.79 Å². The highest BCUT2D eigenvalue weighted by Crippen LogP contribution is 2.37. The minimum Gasteiger partial charge on any atom is -0.453 e. The third-order valence-corrected chi connectivity index (χ3v) is 5.78. The largest absolute Gasteiger partial charge is 0.453 e. The minimum absolute atomic E-state index is 0.0313. The van der Waals surface area contributed by atoms with Gasteiger partial charge in [0.25, 0.3) is 0 Å². The molecule has 1 fully saturated rings. The molecule has 32 heavy (non-hydrogen) atoms. The third kappa shape index (κ3) is 5.97. The molecule has 1 aromatic heterocycles. The van der Waals surface area contributed by atoms with Crippen LogP contribution in [0.5, 0.6) is 6.01 Å². The van der Waals surface area contributed by atoms with Gasteiger partial charge in [0, 0.05) is 12.0 Å². The van der Waals surface area contributed by atoms with E-state index in [-0.39, 0.29) is 35.7 Å². The van der Waals surface area contributed by atoms with E-state index in [1.54, 1.807) is 4.57 Å². The van der Waals surface area contributed by atoms with E-state index in [0.29, 0.717) is 26.2 Å². The summed E-state index contributed by atoms with van der Waals surface area (Å²) in [6.45, 7) is 1.63. The average Bonchev–Trinajstić information content (AvgIpc) is 3.22. The predicted octanol–water partition coefficient (Wildman–Crippen LogP) is 3.66. The predicted molar refractivity (Wildman–Crippen MR) is 124 cm³/mol. The molecule has 0 aliphatic heterocycles. The first-order valence-corrected chi connectivity index (χ1v) is 11.3. The molecule has 0 radical (unpaired) electrons. The lowest BCUT2D eigenvalue weighted by molar-refractivity contribution is -0.0190. The molecule has 0 saturated heterocycles. The van der Waals surface area contributed by atoms with E-state index in [1.165, 1.54) is 6.33 Å². The zero-order chi connectivity index (χ0) is 22.2. The molecule has 0 bridgehead atoms. The van der Waals surface area contributed by atoms with Crippen molar-refractivity contribution in [1.82, 2.24) is 14.5 Å². The molecule has 1 saturated carbocycles. The van der Waals surface area contributed by atoms with Crippen LogP contribution in [0.1, 0.15) is 30.0 Å². The molecule has 3 atom stereocenters. The summed E-state index contributed by atoms with van der Waals surface area (Å²) in [6, 6.07) is 20.2. The van der Waals surface area contributed by atoms with Crippen LogP contribution in [-0.2, 0) is 22.7 Å². The number of hydrogen-bond acceptors (Lipinski definition) is 7. The standard InChI is InChI=1S/C24H27N3O4S/c28-24-26-23(31-17-32)25-16-27(24)21-11-20(15-29-13-18-7-3-1-4-8-18)22(12-21)30-14-19-9-5-2-6-10-19/h1-10,16,20-22,32H,11-15,17H2/t20-,21-,22?/m1/s1. The van der Waals surface area contributed by atoms with E-state index in [1.807, 2.05) is 60.7 Å². The smallest absolute Gasteiger partial charge is 0.353 e. The van der Waals surface area contributed by atoms with Gasteiger partial charge in [-0.05, 0) is 24.0 Å². The second-order valence-corrected chi connectivity index (χ2v) is 8.08. The molecule has 1 aliphatic rings. The maximum Gasteiger partial charge on any atom is 0.353 e. The first kappa shape index (κ1) is 22.5. The highest BCUT2D eigenvalue weighted by Gasteiger charge is 2.37. The Labute approximate surface area is 192 Å². The normalized spacial score (nSPS) is 20.3. The van der Waals surface area contributed by atoms with Gasteiger partial charge in [-0.3, -0.25) is 4.57 Å². The topological polar surface area (TPSA) is 75.5 Å². The van der Waals surface area contributed by atoms with E-state index in [9.17, 15) is 4.79 Å². The summed E-state index contributed by atoms with van der Waals surface area (Å²) in [6.07, 6.45) is 2.92. The van der Waals surface area contributed by atoms with E-state index < -0.39 is 0 Å². The molecule has 7 nitrogen and oxygen atoms in total. The first-order valence-electron chi connectivity index (χ1n) is 10.7. The molecule has 1 unspecified atom stereocenters. The van der Waals surface area contributed by atoms with Crippen LogP contribution in [0.2, 0.25) is 0 Å². The Morgan fingerprint density at radius 3 is 2.31 bits per heavy atom. The lowest BCUT2D eigenvalue weighted by Gasteiger charge is -2.20. The minimum atomic E-state index is -0.380. The maximum absolute atomic E-state index is 12.5. The molecule has 4 rings (SSSR count). The quantitative estimate of drug-likeness (QED) is 0.373. The summed E-state index contributed by atoms with van der Waals surface area (Å²) < 4.78 is 19.0. The fraction of sp³-hybridized carbons (Fsp3) is 0.375. The van der Waals surface area contributed by atoms with Gasteiger partial charge in [0.15, 0.2) is 0 Å². The third-order valence-electron chi connectivity index (χ3n) is 5.65. The zero-order valence-corrected chi connectivity index (χ0v) is 18.6. The molecular weight excluding hydrogens is 426 g/mol. The molecule has 2 aromatic carbocycles. The number of rotatable bonds is 10. The van der Waals surface area contributed by atoms with Crippen molar-refractivity contribution in [2.75, 3.05) is 12.5 Å². The van der Waals surface area contributed by atoms with Gasteiger partial charge in [-0.2, -0.15) is 4.98 Å². The number of nitrogens with zero attached hydrogens (tertiary/aromatic N) is 3. The van der Waals surface area contributed by atoms with Crippen molar-refractivity contribution < 1.29 is 14.2 Å². The molecule has 0 N–H and O–H groups in total. The van der Waals surface area contributed by atoms with Crippen molar-refractivity contribution in [3.05, 3.63) is 88.6 Å². The van der Waals surface area contributed by atoms with Crippen LogP contribution in [-0.4, -0.2) is 33.2 Å². The average molecular weight is 454 g/mol. The fourth-order valence-electron chi connectivity index (χ4n) is 4.05. The summed E-state index contributed by atoms with van der Waals surface area (Å²) in [4.78, 5) is 20.6. The van der Waals surface area contributed by atoms with E-state index in [4.69, 9.17) is 14.2 Å². The number of ether oxygens (including phenoxy) is 3. The van der Waals surface area contributed by atoms with Gasteiger partial charge in [0.1, 0.15) is 12.3 Å². The van der Waals surface area contributed by atoms with Crippen LogP contribution in [0.25, 0.3) is 0 Å². The van der Waals surface area contributed by atoms with Crippen molar-refractivity contribution in [3.63, 3.8) is 0 Å². The van der Waals surface area contributed by atoms with Crippen LogP contribution in [0.4, 0.5) is 0 Å². The molecule has 8 heteroatoms. The van der Waals surface area contributed by atoms with E-state index in [0.717, 1.165) is 17.5 Å². The van der Waals surface area contributed by atoms with Crippen LogP contribution in [0, 0.1) is 5.92 Å². The lowest BCUT2D eigenvalue weighted by Crippen LogP contribution is -2.27. The van der Waals surface area contributed by atoms with Crippen LogP contribution >= 0.6 is 12.6 Å². The van der Waals surface area contributed by atoms with Crippen molar-refractivity contribution >= 4 is 12.6 Å². The summed E-state index contributed by atoms with van der Waals surface area (Å²) in [5, 5.41) is 0. The molecule has 1 heterocycles. The highest BCUT2D eigenvalue weighted by atomic mass is 32.1.